The van der Waals surface area contributed by atoms with Gasteiger partial charge in [-0.1, -0.05) is 33.8 Å². The summed E-state index contributed by atoms with van der Waals surface area (Å²) in [5, 5.41) is 0. The number of rotatable bonds is 4. The second-order valence-corrected chi connectivity index (χ2v) is 9.41. The molecule has 170 valence electrons. The zero-order valence-electron chi connectivity index (χ0n) is 19.7. The van der Waals surface area contributed by atoms with Crippen molar-refractivity contribution >= 4 is 23.7 Å². The smallest absolute Gasteiger partial charge is 0.421 e. The van der Waals surface area contributed by atoms with Crippen molar-refractivity contribution in [1.29, 1.82) is 0 Å². The fourth-order valence-electron chi connectivity index (χ4n) is 4.21. The molecule has 0 fully saturated rings. The van der Waals surface area contributed by atoms with Crippen LogP contribution in [0.5, 0.6) is 0 Å². The lowest BCUT2D eigenvalue weighted by atomic mass is 9.63. The first-order valence-electron chi connectivity index (χ1n) is 10.9. The molecule has 2 aromatic carbocycles. The van der Waals surface area contributed by atoms with Gasteiger partial charge in [0.2, 0.25) is 0 Å². The van der Waals surface area contributed by atoms with Crippen LogP contribution < -0.4 is 4.90 Å². The molecule has 6 nitrogen and oxygen atoms in total. The molecule has 1 aliphatic rings. The highest BCUT2D eigenvalue weighted by Crippen LogP contribution is 2.46. The van der Waals surface area contributed by atoms with Gasteiger partial charge in [0.15, 0.2) is 0 Å². The average Bonchev–Trinajstić information content (AvgIpc) is 2.77. The van der Waals surface area contributed by atoms with Crippen molar-refractivity contribution in [2.75, 3.05) is 18.6 Å². The maximum Gasteiger partial charge on any atom is 0.421 e. The van der Waals surface area contributed by atoms with E-state index in [0.29, 0.717) is 11.3 Å². The molecule has 0 atom stereocenters. The van der Waals surface area contributed by atoms with Crippen molar-refractivity contribution in [2.45, 2.75) is 58.3 Å². The molecule has 0 spiro atoms. The Kier molecular flexibility index (Phi) is 6.44. The molecule has 0 N–H and O–H groups in total. The molecule has 0 aliphatic heterocycles. The molecule has 0 saturated heterocycles. The van der Waals surface area contributed by atoms with Crippen molar-refractivity contribution in [3.63, 3.8) is 0 Å². The fourth-order valence-corrected chi connectivity index (χ4v) is 4.21. The lowest BCUT2D eigenvalue weighted by Gasteiger charge is -2.42. The predicted octanol–water partition coefficient (Wildman–Crippen LogP) is 5.63. The van der Waals surface area contributed by atoms with Crippen molar-refractivity contribution in [2.24, 2.45) is 0 Å². The van der Waals surface area contributed by atoms with Crippen LogP contribution >= 0.6 is 0 Å². The Balaban J connectivity index is 2.06. The SMILES string of the molecule is CCOC(=O)N(C(=O)c1ccc(C(=O)OC)cc1)c1ccc2c(c1)C(C)(C)CCC2(C)C. The fraction of sp³-hybridized carbons (Fsp3) is 0.423. The topological polar surface area (TPSA) is 72.9 Å². The Morgan fingerprint density at radius 2 is 1.44 bits per heavy atom. The molecule has 3 rings (SSSR count). The van der Waals surface area contributed by atoms with E-state index in [4.69, 9.17) is 9.47 Å². The largest absolute Gasteiger partial charge is 0.465 e. The highest BCUT2D eigenvalue weighted by atomic mass is 16.6. The first-order valence-corrected chi connectivity index (χ1v) is 10.9. The number of amides is 2. The normalized spacial score (nSPS) is 15.9. The Bertz CT molecular complexity index is 1040. The minimum Gasteiger partial charge on any atom is -0.465 e. The number of carbonyl (C=O) groups excluding carboxylic acids is 3. The molecular weight excluding hydrogens is 406 g/mol. The van der Waals surface area contributed by atoms with Crippen LogP contribution in [0.4, 0.5) is 10.5 Å². The monoisotopic (exact) mass is 437 g/mol. The van der Waals surface area contributed by atoms with Gasteiger partial charge in [-0.25, -0.2) is 14.5 Å². The summed E-state index contributed by atoms with van der Waals surface area (Å²) >= 11 is 0. The molecule has 0 aromatic heterocycles. The van der Waals surface area contributed by atoms with Crippen LogP contribution in [0.2, 0.25) is 0 Å². The molecule has 2 amide bonds. The number of fused-ring (bicyclic) bond motifs is 1. The zero-order valence-corrected chi connectivity index (χ0v) is 19.7. The summed E-state index contributed by atoms with van der Waals surface area (Å²) in [6.07, 6.45) is 1.35. The molecule has 0 unspecified atom stereocenters. The van der Waals surface area contributed by atoms with E-state index in [-0.39, 0.29) is 23.0 Å². The molecule has 6 heteroatoms. The minimum atomic E-state index is -0.734. The zero-order chi connectivity index (χ0) is 23.7. The number of benzene rings is 2. The van der Waals surface area contributed by atoms with Gasteiger partial charge in [-0.15, -0.1) is 0 Å². The van der Waals surface area contributed by atoms with E-state index in [0.717, 1.165) is 23.3 Å². The van der Waals surface area contributed by atoms with Gasteiger partial charge in [0.25, 0.3) is 5.91 Å². The van der Waals surface area contributed by atoms with Gasteiger partial charge in [0.05, 0.1) is 25.0 Å². The van der Waals surface area contributed by atoms with Crippen molar-refractivity contribution in [3.8, 4) is 0 Å². The van der Waals surface area contributed by atoms with Gasteiger partial charge in [0, 0.05) is 5.56 Å². The number of imide groups is 1. The number of ether oxygens (including phenoxy) is 2. The maximum atomic E-state index is 13.4. The third-order valence-electron chi connectivity index (χ3n) is 6.30. The molecule has 32 heavy (non-hydrogen) atoms. The molecule has 2 aromatic rings. The Hall–Kier alpha value is -3.15. The summed E-state index contributed by atoms with van der Waals surface area (Å²) in [5.41, 5.74) is 3.37. The number of esters is 1. The number of anilines is 1. The second-order valence-electron chi connectivity index (χ2n) is 9.41. The Labute approximate surface area is 189 Å². The summed E-state index contributed by atoms with van der Waals surface area (Å²) in [6, 6.07) is 11.8. The molecule has 0 heterocycles. The van der Waals surface area contributed by atoms with Crippen LogP contribution in [0.15, 0.2) is 42.5 Å². The van der Waals surface area contributed by atoms with E-state index < -0.39 is 18.0 Å². The summed E-state index contributed by atoms with van der Waals surface area (Å²) < 4.78 is 9.91. The third kappa shape index (κ3) is 4.40. The lowest BCUT2D eigenvalue weighted by molar-refractivity contribution is 0.0600. The number of hydrogen-bond acceptors (Lipinski definition) is 5. The molecule has 0 bridgehead atoms. The highest BCUT2D eigenvalue weighted by Gasteiger charge is 2.38. The van der Waals surface area contributed by atoms with E-state index in [2.05, 4.69) is 27.7 Å². The Morgan fingerprint density at radius 3 is 2.00 bits per heavy atom. The van der Waals surface area contributed by atoms with Crippen LogP contribution in [0.3, 0.4) is 0 Å². The van der Waals surface area contributed by atoms with Gasteiger partial charge in [-0.3, -0.25) is 4.79 Å². The maximum absolute atomic E-state index is 13.4. The van der Waals surface area contributed by atoms with E-state index in [1.54, 1.807) is 13.0 Å². The van der Waals surface area contributed by atoms with Crippen molar-refractivity contribution < 1.29 is 23.9 Å². The molecule has 1 aliphatic carbocycles. The van der Waals surface area contributed by atoms with E-state index >= 15 is 0 Å². The van der Waals surface area contributed by atoms with Gasteiger partial charge in [0.1, 0.15) is 0 Å². The predicted molar refractivity (Wildman–Crippen MR) is 123 cm³/mol. The molecule has 0 radical (unpaired) electrons. The second kappa shape index (κ2) is 8.77. The van der Waals surface area contributed by atoms with Gasteiger partial charge < -0.3 is 9.47 Å². The lowest BCUT2D eigenvalue weighted by Crippen LogP contribution is -2.39. The highest BCUT2D eigenvalue weighted by molar-refractivity contribution is 6.19. The van der Waals surface area contributed by atoms with Crippen LogP contribution in [0, 0.1) is 0 Å². The minimum absolute atomic E-state index is 0.0197. The van der Waals surface area contributed by atoms with Crippen LogP contribution in [-0.4, -0.2) is 31.7 Å². The number of carbonyl (C=O) groups is 3. The van der Waals surface area contributed by atoms with Crippen LogP contribution in [-0.2, 0) is 20.3 Å². The van der Waals surface area contributed by atoms with Crippen LogP contribution in [0.25, 0.3) is 0 Å². The van der Waals surface area contributed by atoms with E-state index in [1.807, 2.05) is 12.1 Å². The number of nitrogens with zero attached hydrogens (tertiary/aromatic N) is 1. The van der Waals surface area contributed by atoms with E-state index in [1.165, 1.54) is 36.9 Å². The summed E-state index contributed by atoms with van der Waals surface area (Å²) in [4.78, 5) is 39.0. The third-order valence-corrected chi connectivity index (χ3v) is 6.30. The van der Waals surface area contributed by atoms with Gasteiger partial charge in [-0.2, -0.15) is 0 Å². The summed E-state index contributed by atoms with van der Waals surface area (Å²) in [7, 11) is 1.29. The van der Waals surface area contributed by atoms with Crippen molar-refractivity contribution in [1.82, 2.24) is 0 Å². The summed E-state index contributed by atoms with van der Waals surface area (Å²) in [5.74, 6) is -1.02. The molecular formula is C26H31NO5. The number of hydrogen-bond donors (Lipinski definition) is 0. The van der Waals surface area contributed by atoms with Crippen LogP contribution in [0.1, 0.15) is 79.3 Å². The standard InChI is InChI=1S/C26H31NO5/c1-7-32-24(30)27(22(28)17-8-10-18(11-9-17)23(29)31-6)19-12-13-20-21(16-19)26(4,5)15-14-25(20,2)3/h8-13,16H,7,14-15H2,1-6H3. The van der Waals surface area contributed by atoms with Gasteiger partial charge in [-0.05, 0) is 78.1 Å². The average molecular weight is 438 g/mol. The van der Waals surface area contributed by atoms with E-state index in [9.17, 15) is 14.4 Å². The van der Waals surface area contributed by atoms with Gasteiger partial charge >= 0.3 is 12.1 Å². The molecule has 0 saturated carbocycles. The van der Waals surface area contributed by atoms with Crippen molar-refractivity contribution in [3.05, 3.63) is 64.7 Å². The first kappa shape index (κ1) is 23.5. The number of methoxy groups -OCH3 is 1. The summed E-state index contributed by atoms with van der Waals surface area (Å²) in [6.45, 7) is 10.7. The Morgan fingerprint density at radius 1 is 0.875 bits per heavy atom. The quantitative estimate of drug-likeness (QED) is 0.580. The first-order chi connectivity index (χ1) is 15.0.